The first kappa shape index (κ1) is 19.2. The van der Waals surface area contributed by atoms with Gasteiger partial charge in [0.05, 0.1) is 0 Å². The Bertz CT molecular complexity index is 1880. The van der Waals surface area contributed by atoms with Gasteiger partial charge in [0.15, 0.2) is 0 Å². The monoisotopic (exact) mass is 539 g/mol. The third-order valence-electron chi connectivity index (χ3n) is 6.64. The summed E-state index contributed by atoms with van der Waals surface area (Å²) in [7, 11) is 0. The van der Waals surface area contributed by atoms with Crippen LogP contribution in [0.3, 0.4) is 0 Å². The molecule has 0 atom stereocenters. The van der Waals surface area contributed by atoms with E-state index in [4.69, 9.17) is 0 Å². The summed E-state index contributed by atoms with van der Waals surface area (Å²) < 4.78 is 3.52. The summed E-state index contributed by atoms with van der Waals surface area (Å²) >= 11 is 3.63. The van der Waals surface area contributed by atoms with E-state index in [2.05, 4.69) is 64.1 Å². The van der Waals surface area contributed by atoms with Crippen LogP contribution in [0.25, 0.3) is 42.5 Å². The van der Waals surface area contributed by atoms with Gasteiger partial charge in [-0.2, -0.15) is 0 Å². The summed E-state index contributed by atoms with van der Waals surface area (Å²) in [6.45, 7) is 0. The van der Waals surface area contributed by atoms with Crippen molar-refractivity contribution in [1.29, 1.82) is 0 Å². The quantitative estimate of drug-likeness (QED) is 0.129. The van der Waals surface area contributed by atoms with Gasteiger partial charge in [0.2, 0.25) is 0 Å². The Hall–Kier alpha value is -3.15. The summed E-state index contributed by atoms with van der Waals surface area (Å²) in [4.78, 5) is 31.9. The average Bonchev–Trinajstić information content (AvgIpc) is 3.60. The predicted molar refractivity (Wildman–Crippen MR) is 140 cm³/mol. The van der Waals surface area contributed by atoms with E-state index in [1.54, 1.807) is 29.2 Å². The van der Waals surface area contributed by atoms with E-state index in [9.17, 15) is 9.59 Å². The van der Waals surface area contributed by atoms with Gasteiger partial charge in [0.25, 0.3) is 0 Å². The molecule has 3 nitrogen and oxygen atoms in total. The number of carbonyl (C=O) groups is 2. The normalized spacial score (nSPS) is 15.7. The number of rotatable bonds is 1. The maximum atomic E-state index is 13.2. The van der Waals surface area contributed by atoms with Crippen LogP contribution in [0.2, 0.25) is 0 Å². The number of benzene rings is 3. The predicted octanol–water partition coefficient (Wildman–Crippen LogP) is 6.98. The molecule has 1 aliphatic carbocycles. The van der Waals surface area contributed by atoms with Crippen LogP contribution in [0, 0.1) is 0 Å². The molecule has 6 aromatic rings. The van der Waals surface area contributed by atoms with Crippen molar-refractivity contribution in [3.05, 3.63) is 93.2 Å². The van der Waals surface area contributed by atoms with E-state index in [0.717, 1.165) is 20.2 Å². The maximum absolute atomic E-state index is 13.2. The number of fused-ring (bicyclic) bond motifs is 7. The van der Waals surface area contributed by atoms with Crippen molar-refractivity contribution in [3.63, 3.8) is 0 Å². The standard InChI is InChI=1S/C28H13NO2S2Se/c30-26-18-10-14-8-9-34-24(14)13-19(18)27(31)20(26)11-15-12-23-28(32-15)29-21-6-2-1-4-16(21)17-5-3-7-22(33-23)25(17)29/h1-13H/b20-11-. The number of allylic oxidation sites excluding steroid dienone is 1. The summed E-state index contributed by atoms with van der Waals surface area (Å²) in [6, 6.07) is 22.9. The van der Waals surface area contributed by atoms with E-state index in [-0.39, 0.29) is 31.6 Å². The van der Waals surface area contributed by atoms with Gasteiger partial charge in [-0.3, -0.25) is 0 Å². The number of Topliss-reactive ketones (excluding diaryl/α,β-unsaturated/α-hetero) is 2. The number of thiophene rings is 1. The van der Waals surface area contributed by atoms with Crippen LogP contribution in [0.15, 0.2) is 87.0 Å². The summed E-state index contributed by atoms with van der Waals surface area (Å²) in [5.41, 5.74) is 3.78. The van der Waals surface area contributed by atoms with Crippen molar-refractivity contribution in [2.75, 3.05) is 0 Å². The van der Waals surface area contributed by atoms with Gasteiger partial charge >= 0.3 is 179 Å². The molecular weight excluding hydrogens is 525 g/mol. The molecule has 3 aromatic heterocycles. The van der Waals surface area contributed by atoms with Crippen LogP contribution < -0.4 is 0 Å². The van der Waals surface area contributed by atoms with E-state index >= 15 is 0 Å². The Balaban J connectivity index is 1.31. The van der Waals surface area contributed by atoms with E-state index in [1.165, 1.54) is 31.0 Å². The second-order valence-corrected chi connectivity index (χ2v) is 12.6. The van der Waals surface area contributed by atoms with Crippen molar-refractivity contribution >= 4 is 86.7 Å². The molecule has 3 aromatic carbocycles. The van der Waals surface area contributed by atoms with Crippen LogP contribution in [0.4, 0.5) is 0 Å². The average molecular weight is 539 g/mol. The molecule has 0 saturated heterocycles. The minimum atomic E-state index is -0.160. The zero-order valence-electron chi connectivity index (χ0n) is 17.5. The number of ketones is 2. The Morgan fingerprint density at radius 1 is 0.824 bits per heavy atom. The van der Waals surface area contributed by atoms with E-state index in [0.29, 0.717) is 11.1 Å². The van der Waals surface area contributed by atoms with Crippen molar-refractivity contribution in [1.82, 2.24) is 4.57 Å². The molecule has 0 unspecified atom stereocenters. The van der Waals surface area contributed by atoms with Crippen LogP contribution in [-0.2, 0) is 0 Å². The van der Waals surface area contributed by atoms with Crippen LogP contribution in [-0.4, -0.2) is 30.6 Å². The molecule has 0 N–H and O–H groups in total. The number of hydrogen-bond acceptors (Lipinski definition) is 4. The van der Waals surface area contributed by atoms with Crippen LogP contribution in [0.5, 0.6) is 0 Å². The molecule has 6 heteroatoms. The second kappa shape index (κ2) is 6.71. The van der Waals surface area contributed by atoms with Crippen LogP contribution in [0.1, 0.15) is 25.6 Å². The Morgan fingerprint density at radius 3 is 2.56 bits per heavy atom. The van der Waals surface area contributed by atoms with Crippen molar-refractivity contribution in [3.8, 4) is 5.00 Å². The first-order valence-corrected chi connectivity index (χ1v) is 14.3. The fourth-order valence-electron chi connectivity index (χ4n) is 5.13. The molecule has 160 valence electrons. The summed E-state index contributed by atoms with van der Waals surface area (Å²) in [5, 5.41) is 4.70. The number of aromatic nitrogens is 1. The molecule has 1 aliphatic heterocycles. The van der Waals surface area contributed by atoms with Crippen molar-refractivity contribution in [2.24, 2.45) is 0 Å². The molecule has 4 heterocycles. The van der Waals surface area contributed by atoms with Crippen LogP contribution >= 0.6 is 23.1 Å². The molecule has 0 amide bonds. The molecule has 8 rings (SSSR count). The SMILES string of the molecule is O=C1/C(=C/c2cc3c(s2)-n2c4ccccc4c4cccc(c42)S3)C(=O)c2cc3[se]ccc3cc21. The zero-order chi connectivity index (χ0) is 22.6. The topological polar surface area (TPSA) is 39.1 Å². The third kappa shape index (κ3) is 2.44. The third-order valence-corrected chi connectivity index (χ3v) is 10.8. The molecule has 0 spiro atoms. The van der Waals surface area contributed by atoms with Crippen molar-refractivity contribution < 1.29 is 9.59 Å². The number of para-hydroxylation sites is 2. The first-order valence-electron chi connectivity index (χ1n) is 10.8. The Morgan fingerprint density at radius 2 is 1.65 bits per heavy atom. The summed E-state index contributed by atoms with van der Waals surface area (Å²) in [6.07, 6.45) is 1.80. The molecule has 0 fully saturated rings. The molecule has 0 bridgehead atoms. The van der Waals surface area contributed by atoms with Gasteiger partial charge in [-0.15, -0.1) is 0 Å². The first-order chi connectivity index (χ1) is 16.7. The molecular formula is C28H13NO2S2Se. The number of hydrogen-bond donors (Lipinski definition) is 0. The fraction of sp³-hybridized carbons (Fsp3) is 0. The fourth-order valence-corrected chi connectivity index (χ4v) is 9.22. The molecule has 0 saturated carbocycles. The van der Waals surface area contributed by atoms with E-state index < -0.39 is 0 Å². The Kier molecular flexibility index (Phi) is 3.79. The second-order valence-electron chi connectivity index (χ2n) is 8.50. The Labute approximate surface area is 208 Å². The van der Waals surface area contributed by atoms with Gasteiger partial charge in [0.1, 0.15) is 0 Å². The van der Waals surface area contributed by atoms with E-state index in [1.807, 2.05) is 12.1 Å². The van der Waals surface area contributed by atoms with Gasteiger partial charge in [-0.25, -0.2) is 0 Å². The zero-order valence-corrected chi connectivity index (χ0v) is 20.8. The molecule has 2 aliphatic rings. The van der Waals surface area contributed by atoms with Gasteiger partial charge in [0, 0.05) is 0 Å². The number of nitrogens with zero attached hydrogens (tertiary/aromatic N) is 1. The molecule has 0 radical (unpaired) electrons. The minimum absolute atomic E-state index is 0.151. The number of carbonyl (C=O) groups excluding carboxylic acids is 2. The molecule has 34 heavy (non-hydrogen) atoms. The van der Waals surface area contributed by atoms with Gasteiger partial charge in [-0.1, -0.05) is 30.3 Å². The van der Waals surface area contributed by atoms with Gasteiger partial charge < -0.3 is 0 Å². The van der Waals surface area contributed by atoms with Crippen molar-refractivity contribution in [2.45, 2.75) is 9.79 Å². The summed E-state index contributed by atoms with van der Waals surface area (Å²) in [5.74, 6) is -0.312. The van der Waals surface area contributed by atoms with Gasteiger partial charge in [-0.05, 0) is 0 Å².